The van der Waals surface area contributed by atoms with Crippen LogP contribution in [0.25, 0.3) is 0 Å². The highest BCUT2D eigenvalue weighted by molar-refractivity contribution is 7.89. The average molecular weight is 332 g/mol. The zero-order valence-electron chi connectivity index (χ0n) is 13.4. The Hall–Kier alpha value is -2.18. The van der Waals surface area contributed by atoms with E-state index in [4.69, 9.17) is 0 Å². The Morgan fingerprint density at radius 3 is 2.04 bits per heavy atom. The molecule has 5 nitrogen and oxygen atoms in total. The second-order valence-corrected chi connectivity index (χ2v) is 7.47. The van der Waals surface area contributed by atoms with Gasteiger partial charge in [0.15, 0.2) is 0 Å². The number of rotatable bonds is 5. The third-order valence-electron chi connectivity index (χ3n) is 3.52. The van der Waals surface area contributed by atoms with E-state index in [-0.39, 0.29) is 10.8 Å². The molecule has 2 rings (SSSR count). The second kappa shape index (κ2) is 6.93. The third-order valence-corrected chi connectivity index (χ3v) is 5.34. The highest BCUT2D eigenvalue weighted by atomic mass is 32.2. The van der Waals surface area contributed by atoms with Crippen molar-refractivity contribution < 1.29 is 13.2 Å². The van der Waals surface area contributed by atoms with Gasteiger partial charge in [0.2, 0.25) is 10.0 Å². The SMILES string of the molecule is CCc1ccc(C(=O)Nc2ccc(S(=O)(=O)N(C)C)cc2)cc1. The molecule has 122 valence electrons. The van der Waals surface area contributed by atoms with Gasteiger partial charge in [0.1, 0.15) is 0 Å². The largest absolute Gasteiger partial charge is 0.322 e. The first-order valence-corrected chi connectivity index (χ1v) is 8.71. The monoisotopic (exact) mass is 332 g/mol. The molecule has 0 aromatic heterocycles. The van der Waals surface area contributed by atoms with E-state index in [0.717, 1.165) is 10.7 Å². The Morgan fingerprint density at radius 1 is 1.00 bits per heavy atom. The van der Waals surface area contributed by atoms with Crippen molar-refractivity contribution in [3.8, 4) is 0 Å². The number of anilines is 1. The molecule has 0 aliphatic rings. The van der Waals surface area contributed by atoms with Gasteiger partial charge < -0.3 is 5.32 Å². The minimum atomic E-state index is -3.46. The normalized spacial score (nSPS) is 11.5. The number of aryl methyl sites for hydroxylation is 1. The van der Waals surface area contributed by atoms with Gasteiger partial charge in [-0.1, -0.05) is 19.1 Å². The lowest BCUT2D eigenvalue weighted by molar-refractivity contribution is 0.102. The van der Waals surface area contributed by atoms with E-state index < -0.39 is 10.0 Å². The van der Waals surface area contributed by atoms with Crippen LogP contribution in [0.3, 0.4) is 0 Å². The summed E-state index contributed by atoms with van der Waals surface area (Å²) in [5, 5.41) is 2.76. The zero-order valence-corrected chi connectivity index (χ0v) is 14.2. The molecule has 0 fully saturated rings. The number of carbonyl (C=O) groups is 1. The predicted octanol–water partition coefficient (Wildman–Crippen LogP) is 2.75. The molecule has 2 aromatic rings. The number of hydrogen-bond acceptors (Lipinski definition) is 3. The highest BCUT2D eigenvalue weighted by Gasteiger charge is 2.16. The zero-order chi connectivity index (χ0) is 17.0. The number of amides is 1. The van der Waals surface area contributed by atoms with Crippen LogP contribution in [0.2, 0.25) is 0 Å². The molecule has 0 unspecified atom stereocenters. The van der Waals surface area contributed by atoms with Gasteiger partial charge in [-0.15, -0.1) is 0 Å². The average Bonchev–Trinajstić information content (AvgIpc) is 2.55. The van der Waals surface area contributed by atoms with Crippen LogP contribution in [-0.4, -0.2) is 32.7 Å². The first-order valence-electron chi connectivity index (χ1n) is 7.27. The van der Waals surface area contributed by atoms with E-state index in [1.807, 2.05) is 12.1 Å². The minimum absolute atomic E-state index is 0.188. The van der Waals surface area contributed by atoms with Crippen LogP contribution in [0, 0.1) is 0 Å². The van der Waals surface area contributed by atoms with Crippen LogP contribution >= 0.6 is 0 Å². The van der Waals surface area contributed by atoms with E-state index in [2.05, 4.69) is 12.2 Å². The summed E-state index contributed by atoms with van der Waals surface area (Å²) >= 11 is 0. The van der Waals surface area contributed by atoms with Crippen LogP contribution < -0.4 is 5.32 Å². The van der Waals surface area contributed by atoms with Gasteiger partial charge in [-0.25, -0.2) is 12.7 Å². The van der Waals surface area contributed by atoms with Crippen molar-refractivity contribution in [1.82, 2.24) is 4.31 Å². The molecule has 0 heterocycles. The van der Waals surface area contributed by atoms with Crippen molar-refractivity contribution in [3.63, 3.8) is 0 Å². The Balaban J connectivity index is 2.13. The van der Waals surface area contributed by atoms with E-state index in [1.165, 1.54) is 31.8 Å². The maximum absolute atomic E-state index is 12.2. The molecule has 0 bridgehead atoms. The molecular weight excluding hydrogens is 312 g/mol. The molecule has 0 aliphatic carbocycles. The van der Waals surface area contributed by atoms with Crippen molar-refractivity contribution in [2.45, 2.75) is 18.2 Å². The quantitative estimate of drug-likeness (QED) is 0.915. The van der Waals surface area contributed by atoms with Crippen LogP contribution in [-0.2, 0) is 16.4 Å². The van der Waals surface area contributed by atoms with Crippen molar-refractivity contribution in [2.75, 3.05) is 19.4 Å². The maximum atomic E-state index is 12.2. The lowest BCUT2D eigenvalue weighted by Gasteiger charge is -2.12. The van der Waals surface area contributed by atoms with E-state index in [9.17, 15) is 13.2 Å². The standard InChI is InChI=1S/C17H20N2O3S/c1-4-13-5-7-14(8-6-13)17(20)18-15-9-11-16(12-10-15)23(21,22)19(2)3/h5-12H,4H2,1-3H3,(H,18,20). The molecule has 0 atom stereocenters. The summed E-state index contributed by atoms with van der Waals surface area (Å²) in [4.78, 5) is 12.4. The van der Waals surface area contributed by atoms with Crippen molar-refractivity contribution in [3.05, 3.63) is 59.7 Å². The van der Waals surface area contributed by atoms with Crippen LogP contribution in [0.5, 0.6) is 0 Å². The minimum Gasteiger partial charge on any atom is -0.322 e. The number of hydrogen-bond donors (Lipinski definition) is 1. The summed E-state index contributed by atoms with van der Waals surface area (Å²) < 4.78 is 25.1. The number of nitrogens with zero attached hydrogens (tertiary/aromatic N) is 1. The molecule has 0 spiro atoms. The van der Waals surface area contributed by atoms with Crippen molar-refractivity contribution in [2.24, 2.45) is 0 Å². The van der Waals surface area contributed by atoms with Crippen molar-refractivity contribution in [1.29, 1.82) is 0 Å². The van der Waals surface area contributed by atoms with Gasteiger partial charge in [0, 0.05) is 25.3 Å². The predicted molar refractivity (Wildman–Crippen MR) is 91.1 cm³/mol. The summed E-state index contributed by atoms with van der Waals surface area (Å²) in [7, 11) is -0.507. The Morgan fingerprint density at radius 2 is 1.57 bits per heavy atom. The second-order valence-electron chi connectivity index (χ2n) is 5.32. The number of carbonyl (C=O) groups excluding carboxylic acids is 1. The summed E-state index contributed by atoms with van der Waals surface area (Å²) in [5.41, 5.74) is 2.28. The fourth-order valence-electron chi connectivity index (χ4n) is 2.02. The number of benzene rings is 2. The fraction of sp³-hybridized carbons (Fsp3) is 0.235. The highest BCUT2D eigenvalue weighted by Crippen LogP contribution is 2.17. The Kier molecular flexibility index (Phi) is 5.18. The topological polar surface area (TPSA) is 66.5 Å². The smallest absolute Gasteiger partial charge is 0.255 e. The summed E-state index contributed by atoms with van der Waals surface area (Å²) in [6, 6.07) is 13.5. The third kappa shape index (κ3) is 3.97. The van der Waals surface area contributed by atoms with Gasteiger partial charge in [0.25, 0.3) is 5.91 Å². The molecule has 0 saturated heterocycles. The first kappa shape index (κ1) is 17.2. The Bertz CT molecular complexity index is 780. The lowest BCUT2D eigenvalue weighted by Crippen LogP contribution is -2.22. The molecule has 23 heavy (non-hydrogen) atoms. The Labute approximate surface area is 137 Å². The number of sulfonamides is 1. The van der Waals surface area contributed by atoms with E-state index >= 15 is 0 Å². The van der Waals surface area contributed by atoms with Crippen molar-refractivity contribution >= 4 is 21.6 Å². The van der Waals surface area contributed by atoms with E-state index in [0.29, 0.717) is 11.3 Å². The fourth-order valence-corrected chi connectivity index (χ4v) is 2.92. The summed E-state index contributed by atoms with van der Waals surface area (Å²) in [6.45, 7) is 2.05. The van der Waals surface area contributed by atoms with E-state index in [1.54, 1.807) is 24.3 Å². The summed E-state index contributed by atoms with van der Waals surface area (Å²) in [6.07, 6.45) is 0.920. The molecule has 6 heteroatoms. The molecule has 1 amide bonds. The molecule has 1 N–H and O–H groups in total. The van der Waals surface area contributed by atoms with Crippen LogP contribution in [0.1, 0.15) is 22.8 Å². The molecule has 0 saturated carbocycles. The molecule has 0 radical (unpaired) electrons. The van der Waals surface area contributed by atoms with Crippen LogP contribution in [0.4, 0.5) is 5.69 Å². The van der Waals surface area contributed by atoms with Crippen LogP contribution in [0.15, 0.2) is 53.4 Å². The van der Waals surface area contributed by atoms with Gasteiger partial charge in [-0.2, -0.15) is 0 Å². The maximum Gasteiger partial charge on any atom is 0.255 e. The van der Waals surface area contributed by atoms with Gasteiger partial charge >= 0.3 is 0 Å². The van der Waals surface area contributed by atoms with Gasteiger partial charge in [-0.05, 0) is 48.4 Å². The summed E-state index contributed by atoms with van der Waals surface area (Å²) in [5.74, 6) is -0.226. The lowest BCUT2D eigenvalue weighted by atomic mass is 10.1. The van der Waals surface area contributed by atoms with Gasteiger partial charge in [-0.3, -0.25) is 4.79 Å². The van der Waals surface area contributed by atoms with Gasteiger partial charge in [0.05, 0.1) is 4.90 Å². The first-order chi connectivity index (χ1) is 10.8. The molecule has 2 aromatic carbocycles. The number of nitrogens with one attached hydrogen (secondary N) is 1. The molecular formula is C17H20N2O3S. The molecule has 0 aliphatic heterocycles.